The molecule has 1 fully saturated rings. The van der Waals surface area contributed by atoms with Crippen molar-refractivity contribution >= 4 is 16.9 Å². The van der Waals surface area contributed by atoms with Crippen LogP contribution in [0.4, 0.5) is 5.95 Å². The Kier molecular flexibility index (Phi) is 4.65. The predicted octanol–water partition coefficient (Wildman–Crippen LogP) is 3.31. The number of fused-ring (bicyclic) bond motifs is 1. The second-order valence-corrected chi connectivity index (χ2v) is 7.25. The third kappa shape index (κ3) is 3.69. The smallest absolute Gasteiger partial charge is 0.226 e. The first-order chi connectivity index (χ1) is 14.3. The van der Waals surface area contributed by atoms with Gasteiger partial charge >= 0.3 is 0 Å². The zero-order valence-electron chi connectivity index (χ0n) is 16.3. The maximum Gasteiger partial charge on any atom is 0.226 e. The zero-order valence-corrected chi connectivity index (χ0v) is 16.3. The van der Waals surface area contributed by atoms with E-state index in [1.165, 1.54) is 0 Å². The van der Waals surface area contributed by atoms with Crippen molar-refractivity contribution in [1.29, 1.82) is 0 Å². The van der Waals surface area contributed by atoms with Gasteiger partial charge in [0.15, 0.2) is 5.82 Å². The summed E-state index contributed by atoms with van der Waals surface area (Å²) in [5.74, 6) is 2.14. The molecular weight excluding hydrogens is 364 g/mol. The summed E-state index contributed by atoms with van der Waals surface area (Å²) >= 11 is 0. The van der Waals surface area contributed by atoms with Crippen molar-refractivity contribution in [2.75, 3.05) is 31.1 Å². The van der Waals surface area contributed by atoms with Crippen LogP contribution in [0.25, 0.3) is 22.2 Å². The second-order valence-electron chi connectivity index (χ2n) is 7.25. The van der Waals surface area contributed by atoms with Crippen molar-refractivity contribution in [3.8, 4) is 11.3 Å². The van der Waals surface area contributed by atoms with Crippen LogP contribution < -0.4 is 4.90 Å². The summed E-state index contributed by atoms with van der Waals surface area (Å²) in [6.07, 6.45) is 0. The van der Waals surface area contributed by atoms with E-state index in [-0.39, 0.29) is 0 Å². The van der Waals surface area contributed by atoms with Gasteiger partial charge in [-0.3, -0.25) is 4.90 Å². The number of hydrogen-bond donors (Lipinski definition) is 0. The largest absolute Gasteiger partial charge is 0.340 e. The Morgan fingerprint density at radius 1 is 0.862 bits per heavy atom. The molecule has 146 valence electrons. The Labute approximate surface area is 169 Å². The van der Waals surface area contributed by atoms with Gasteiger partial charge in [0.25, 0.3) is 0 Å². The van der Waals surface area contributed by atoms with E-state index >= 15 is 0 Å². The Morgan fingerprint density at radius 2 is 1.62 bits per heavy atom. The lowest BCUT2D eigenvalue weighted by Gasteiger charge is -2.34. The minimum Gasteiger partial charge on any atom is -0.340 e. The number of para-hydroxylation sites is 1. The number of benzene rings is 2. The van der Waals surface area contributed by atoms with Crippen LogP contribution in [0.1, 0.15) is 11.7 Å². The van der Waals surface area contributed by atoms with E-state index in [0.29, 0.717) is 12.4 Å². The number of rotatable bonds is 4. The molecule has 0 N–H and O–H groups in total. The van der Waals surface area contributed by atoms with Crippen LogP contribution in [0, 0.1) is 6.92 Å². The van der Waals surface area contributed by atoms with E-state index in [1.807, 2.05) is 37.3 Å². The molecule has 1 aliphatic rings. The average molecular weight is 386 g/mol. The lowest BCUT2D eigenvalue weighted by Crippen LogP contribution is -2.46. The standard InChI is InChI=1S/C22H22N6O/c1-16-23-20(26-29-16)15-27-11-13-28(14-12-27)22-24-19-10-6-5-9-18(19)21(25-22)17-7-3-2-4-8-17/h2-10H,11-15H2,1H3. The lowest BCUT2D eigenvalue weighted by molar-refractivity contribution is 0.239. The Bertz CT molecular complexity index is 1120. The van der Waals surface area contributed by atoms with Crippen molar-refractivity contribution < 1.29 is 4.52 Å². The third-order valence-electron chi connectivity index (χ3n) is 5.23. The van der Waals surface area contributed by atoms with Crippen LogP contribution in [0.3, 0.4) is 0 Å². The van der Waals surface area contributed by atoms with Gasteiger partial charge < -0.3 is 9.42 Å². The minimum atomic E-state index is 0.608. The number of aromatic nitrogens is 4. The first-order valence-electron chi connectivity index (χ1n) is 9.85. The van der Waals surface area contributed by atoms with Crippen molar-refractivity contribution in [2.24, 2.45) is 0 Å². The van der Waals surface area contributed by atoms with Gasteiger partial charge in [0.2, 0.25) is 11.8 Å². The molecule has 0 radical (unpaired) electrons. The van der Waals surface area contributed by atoms with E-state index in [4.69, 9.17) is 14.5 Å². The Hall–Kier alpha value is -3.32. The molecule has 4 aromatic rings. The maximum absolute atomic E-state index is 5.07. The highest BCUT2D eigenvalue weighted by molar-refractivity contribution is 5.93. The monoisotopic (exact) mass is 386 g/mol. The van der Waals surface area contributed by atoms with Gasteiger partial charge in [0, 0.05) is 44.1 Å². The van der Waals surface area contributed by atoms with Crippen LogP contribution in [0.15, 0.2) is 59.1 Å². The highest BCUT2D eigenvalue weighted by atomic mass is 16.5. The molecule has 0 unspecified atom stereocenters. The molecule has 5 rings (SSSR count). The molecule has 7 heteroatoms. The first-order valence-corrected chi connectivity index (χ1v) is 9.85. The normalized spacial score (nSPS) is 15.1. The molecule has 2 aromatic carbocycles. The molecular formula is C22H22N6O. The highest BCUT2D eigenvalue weighted by Crippen LogP contribution is 2.28. The van der Waals surface area contributed by atoms with Crippen molar-refractivity contribution in [3.05, 3.63) is 66.3 Å². The molecule has 29 heavy (non-hydrogen) atoms. The third-order valence-corrected chi connectivity index (χ3v) is 5.23. The summed E-state index contributed by atoms with van der Waals surface area (Å²) in [7, 11) is 0. The fourth-order valence-electron chi connectivity index (χ4n) is 3.73. The van der Waals surface area contributed by atoms with Crippen molar-refractivity contribution in [3.63, 3.8) is 0 Å². The molecule has 0 bridgehead atoms. The van der Waals surface area contributed by atoms with Crippen LogP contribution in [0.5, 0.6) is 0 Å². The number of piperazine rings is 1. The molecule has 0 amide bonds. The van der Waals surface area contributed by atoms with Gasteiger partial charge in [0.05, 0.1) is 17.8 Å². The SMILES string of the molecule is Cc1nc(CN2CCN(c3nc(-c4ccccc4)c4ccccc4n3)CC2)no1. The van der Waals surface area contributed by atoms with E-state index < -0.39 is 0 Å². The molecule has 0 atom stereocenters. The summed E-state index contributed by atoms with van der Waals surface area (Å²) in [5.41, 5.74) is 3.07. The van der Waals surface area contributed by atoms with Gasteiger partial charge in [-0.25, -0.2) is 9.97 Å². The molecule has 0 spiro atoms. The minimum absolute atomic E-state index is 0.608. The first kappa shape index (κ1) is 17.8. The van der Waals surface area contributed by atoms with E-state index in [1.54, 1.807) is 0 Å². The topological polar surface area (TPSA) is 71.2 Å². The van der Waals surface area contributed by atoms with Crippen LogP contribution >= 0.6 is 0 Å². The maximum atomic E-state index is 5.07. The predicted molar refractivity (Wildman–Crippen MR) is 111 cm³/mol. The molecule has 1 saturated heterocycles. The molecule has 0 saturated carbocycles. The van der Waals surface area contributed by atoms with Crippen molar-refractivity contribution in [1.82, 2.24) is 25.0 Å². The fourth-order valence-corrected chi connectivity index (χ4v) is 3.73. The second kappa shape index (κ2) is 7.60. The molecule has 1 aliphatic heterocycles. The highest BCUT2D eigenvalue weighted by Gasteiger charge is 2.22. The molecule has 0 aliphatic carbocycles. The van der Waals surface area contributed by atoms with Gasteiger partial charge in [-0.05, 0) is 6.07 Å². The zero-order chi connectivity index (χ0) is 19.6. The van der Waals surface area contributed by atoms with E-state index in [2.05, 4.69) is 44.2 Å². The number of nitrogens with zero attached hydrogens (tertiary/aromatic N) is 6. The van der Waals surface area contributed by atoms with Gasteiger partial charge in [0.1, 0.15) is 0 Å². The Balaban J connectivity index is 1.39. The molecule has 3 heterocycles. The summed E-state index contributed by atoms with van der Waals surface area (Å²) in [5, 5.41) is 5.08. The summed E-state index contributed by atoms with van der Waals surface area (Å²) < 4.78 is 5.07. The summed E-state index contributed by atoms with van der Waals surface area (Å²) in [4.78, 5) is 18.7. The van der Waals surface area contributed by atoms with Gasteiger partial charge in [-0.2, -0.15) is 4.98 Å². The van der Waals surface area contributed by atoms with Crippen LogP contribution in [0.2, 0.25) is 0 Å². The molecule has 2 aromatic heterocycles. The average Bonchev–Trinajstić information content (AvgIpc) is 3.18. The number of hydrogen-bond acceptors (Lipinski definition) is 7. The van der Waals surface area contributed by atoms with Crippen LogP contribution in [-0.4, -0.2) is 51.2 Å². The van der Waals surface area contributed by atoms with E-state index in [9.17, 15) is 0 Å². The van der Waals surface area contributed by atoms with Gasteiger partial charge in [-0.15, -0.1) is 0 Å². The number of aryl methyl sites for hydroxylation is 1. The van der Waals surface area contributed by atoms with Gasteiger partial charge in [-0.1, -0.05) is 53.7 Å². The summed E-state index contributed by atoms with van der Waals surface area (Å²) in [6.45, 7) is 6.07. The molecule has 7 nitrogen and oxygen atoms in total. The summed E-state index contributed by atoms with van der Waals surface area (Å²) in [6, 6.07) is 18.5. The fraction of sp³-hybridized carbons (Fsp3) is 0.273. The van der Waals surface area contributed by atoms with Crippen LogP contribution in [-0.2, 0) is 6.54 Å². The number of anilines is 1. The van der Waals surface area contributed by atoms with Crippen molar-refractivity contribution in [2.45, 2.75) is 13.5 Å². The quantitative estimate of drug-likeness (QED) is 0.533. The lowest BCUT2D eigenvalue weighted by atomic mass is 10.1. The van der Waals surface area contributed by atoms with E-state index in [0.717, 1.165) is 60.1 Å². The Morgan fingerprint density at radius 3 is 2.38 bits per heavy atom.